The van der Waals surface area contributed by atoms with Crippen LogP contribution in [0.25, 0.3) is 0 Å². The highest BCUT2D eigenvalue weighted by atomic mass is 35.5. The number of halogens is 1. The Labute approximate surface area is 197 Å². The number of thiophene rings is 1. The molecule has 31 heavy (non-hydrogen) atoms. The molecule has 0 aliphatic heterocycles. The molecule has 2 unspecified atom stereocenters. The zero-order chi connectivity index (χ0) is 22.2. The smallest absolute Gasteiger partial charge is 0.191 e. The molecule has 0 bridgehead atoms. The summed E-state index contributed by atoms with van der Waals surface area (Å²) >= 11 is 9.36. The van der Waals surface area contributed by atoms with Crippen LogP contribution in [0.5, 0.6) is 0 Å². The molecule has 0 radical (unpaired) electrons. The van der Waals surface area contributed by atoms with Gasteiger partial charge >= 0.3 is 0 Å². The van der Waals surface area contributed by atoms with E-state index in [1.807, 2.05) is 6.07 Å². The van der Waals surface area contributed by atoms with E-state index in [4.69, 9.17) is 27.2 Å². The minimum Gasteiger partial charge on any atom is -0.394 e. The van der Waals surface area contributed by atoms with Gasteiger partial charge in [-0.25, -0.2) is 9.97 Å². The predicted molar refractivity (Wildman–Crippen MR) is 132 cm³/mol. The lowest BCUT2D eigenvalue weighted by Gasteiger charge is -2.18. The highest BCUT2D eigenvalue weighted by molar-refractivity contribution is 7.99. The lowest BCUT2D eigenvalue weighted by Crippen LogP contribution is -2.20. The molecule has 3 atom stereocenters. The molecule has 1 aliphatic rings. The monoisotopic (exact) mass is 485 g/mol. The average Bonchev–Trinajstić information content (AvgIpc) is 3.40. The Balaban J connectivity index is 1.66. The van der Waals surface area contributed by atoms with Crippen molar-refractivity contribution in [2.45, 2.75) is 62.8 Å². The number of ether oxygens (including phenoxy) is 1. The first-order valence-electron chi connectivity index (χ1n) is 10.8. The SMILES string of the molecule is CCCSc1nc(NCCC(CC)OCCO)c(N)c(N[C@@H]2CC2c2ccc(Cl)s2)n1. The van der Waals surface area contributed by atoms with Gasteiger partial charge in [-0.1, -0.05) is 37.2 Å². The molecular weight excluding hydrogens is 454 g/mol. The maximum absolute atomic E-state index is 8.96. The predicted octanol–water partition coefficient (Wildman–Crippen LogP) is 4.83. The first-order valence-corrected chi connectivity index (χ1v) is 13.0. The van der Waals surface area contributed by atoms with E-state index in [-0.39, 0.29) is 12.7 Å². The van der Waals surface area contributed by atoms with Crippen LogP contribution in [0, 0.1) is 0 Å². The van der Waals surface area contributed by atoms with E-state index in [9.17, 15) is 0 Å². The number of thioether (sulfide) groups is 1. The number of nitrogen functional groups attached to an aromatic ring is 1. The summed E-state index contributed by atoms with van der Waals surface area (Å²) < 4.78 is 6.47. The Morgan fingerprint density at radius 2 is 2.16 bits per heavy atom. The molecule has 1 fully saturated rings. The van der Waals surface area contributed by atoms with Crippen LogP contribution in [0.4, 0.5) is 17.3 Å². The molecule has 0 aromatic carbocycles. The highest BCUT2D eigenvalue weighted by Crippen LogP contribution is 2.47. The van der Waals surface area contributed by atoms with Gasteiger partial charge in [0.2, 0.25) is 0 Å². The number of hydrogen-bond acceptors (Lipinski definition) is 9. The summed E-state index contributed by atoms with van der Waals surface area (Å²) in [6.07, 6.45) is 3.89. The van der Waals surface area contributed by atoms with Crippen LogP contribution in [0.1, 0.15) is 50.3 Å². The highest BCUT2D eigenvalue weighted by Gasteiger charge is 2.40. The lowest BCUT2D eigenvalue weighted by molar-refractivity contribution is 0.0241. The van der Waals surface area contributed by atoms with E-state index < -0.39 is 0 Å². The van der Waals surface area contributed by atoms with E-state index in [1.54, 1.807) is 23.1 Å². The zero-order valence-electron chi connectivity index (χ0n) is 18.1. The van der Waals surface area contributed by atoms with Gasteiger partial charge in [0.25, 0.3) is 0 Å². The lowest BCUT2D eigenvalue weighted by atomic mass is 10.2. The quantitative estimate of drug-likeness (QED) is 0.222. The topological polar surface area (TPSA) is 105 Å². The minimum atomic E-state index is 0.0374. The van der Waals surface area contributed by atoms with Gasteiger partial charge in [0.15, 0.2) is 16.8 Å². The molecule has 2 aromatic heterocycles. The summed E-state index contributed by atoms with van der Waals surface area (Å²) in [5, 5.41) is 16.6. The molecule has 3 rings (SSSR count). The second-order valence-corrected chi connectivity index (χ2v) is 10.3. The third kappa shape index (κ3) is 7.12. The summed E-state index contributed by atoms with van der Waals surface area (Å²) in [5.74, 6) is 2.75. The van der Waals surface area contributed by atoms with Crippen molar-refractivity contribution in [1.29, 1.82) is 0 Å². The molecule has 0 amide bonds. The first-order chi connectivity index (χ1) is 15.0. The van der Waals surface area contributed by atoms with Crippen molar-refractivity contribution in [3.05, 3.63) is 21.3 Å². The van der Waals surface area contributed by atoms with Crippen molar-refractivity contribution >= 4 is 52.0 Å². The summed E-state index contributed by atoms with van der Waals surface area (Å²) in [7, 11) is 0. The maximum Gasteiger partial charge on any atom is 0.191 e. The Bertz CT molecular complexity index is 838. The van der Waals surface area contributed by atoms with Crippen molar-refractivity contribution in [2.75, 3.05) is 41.9 Å². The Hall–Kier alpha value is -1.26. The minimum absolute atomic E-state index is 0.0374. The fourth-order valence-electron chi connectivity index (χ4n) is 3.30. The molecule has 7 nitrogen and oxygen atoms in total. The Morgan fingerprint density at radius 3 is 2.84 bits per heavy atom. The van der Waals surface area contributed by atoms with Gasteiger partial charge < -0.3 is 26.2 Å². The van der Waals surface area contributed by atoms with Crippen LogP contribution in [0.3, 0.4) is 0 Å². The van der Waals surface area contributed by atoms with Gasteiger partial charge in [0, 0.05) is 29.1 Å². The average molecular weight is 486 g/mol. The van der Waals surface area contributed by atoms with Crippen LogP contribution >= 0.6 is 34.7 Å². The van der Waals surface area contributed by atoms with Gasteiger partial charge in [-0.05, 0) is 37.8 Å². The largest absolute Gasteiger partial charge is 0.394 e. The summed E-state index contributed by atoms with van der Waals surface area (Å²) in [4.78, 5) is 10.6. The summed E-state index contributed by atoms with van der Waals surface area (Å²) in [5.41, 5.74) is 6.97. The number of nitrogens with zero attached hydrogens (tertiary/aromatic N) is 2. The van der Waals surface area contributed by atoms with Crippen molar-refractivity contribution in [3.63, 3.8) is 0 Å². The molecule has 5 N–H and O–H groups in total. The standard InChI is InChI=1S/C21H32ClN5O2S2/c1-3-11-30-21-26-19(24-8-7-13(4-2)29-10-9-28)18(23)20(27-21)25-15-12-14(15)16-5-6-17(22)31-16/h5-6,13-15,28H,3-4,7-12,23H2,1-2H3,(H2,24,25,26,27)/t13?,14?,15-/m1/s1. The van der Waals surface area contributed by atoms with Gasteiger partial charge in [0.1, 0.15) is 5.69 Å². The summed E-state index contributed by atoms with van der Waals surface area (Å²) in [6.45, 7) is 5.30. The number of aliphatic hydroxyl groups is 1. The molecule has 0 saturated heterocycles. The molecule has 10 heteroatoms. The fraction of sp³-hybridized carbons (Fsp3) is 0.619. The second kappa shape index (κ2) is 12.1. The van der Waals surface area contributed by atoms with Gasteiger partial charge in [-0.2, -0.15) is 0 Å². The molecule has 2 aromatic rings. The third-order valence-electron chi connectivity index (χ3n) is 5.09. The zero-order valence-corrected chi connectivity index (χ0v) is 20.5. The van der Waals surface area contributed by atoms with Crippen LogP contribution in [-0.2, 0) is 4.74 Å². The number of nitrogens with one attached hydrogen (secondary N) is 2. The normalized spacial score (nSPS) is 18.7. The number of rotatable bonds is 14. The summed E-state index contributed by atoms with van der Waals surface area (Å²) in [6, 6.07) is 4.35. The van der Waals surface area contributed by atoms with Crippen molar-refractivity contribution in [1.82, 2.24) is 9.97 Å². The first kappa shape index (κ1) is 24.4. The number of anilines is 3. The van der Waals surface area contributed by atoms with Crippen LogP contribution < -0.4 is 16.4 Å². The van der Waals surface area contributed by atoms with E-state index >= 15 is 0 Å². The maximum atomic E-state index is 8.96. The molecular formula is C21H32ClN5O2S2. The molecule has 0 spiro atoms. The van der Waals surface area contributed by atoms with Crippen LogP contribution in [-0.4, -0.2) is 52.7 Å². The Kier molecular flexibility index (Phi) is 9.52. The van der Waals surface area contributed by atoms with Gasteiger partial charge in [-0.3, -0.25) is 0 Å². The Morgan fingerprint density at radius 1 is 1.35 bits per heavy atom. The van der Waals surface area contributed by atoms with E-state index in [0.29, 0.717) is 42.4 Å². The van der Waals surface area contributed by atoms with Gasteiger partial charge in [-0.15, -0.1) is 11.3 Å². The molecule has 2 heterocycles. The molecule has 172 valence electrons. The molecule has 1 aliphatic carbocycles. The van der Waals surface area contributed by atoms with Crippen molar-refractivity contribution in [3.8, 4) is 0 Å². The van der Waals surface area contributed by atoms with Crippen molar-refractivity contribution in [2.24, 2.45) is 0 Å². The number of aromatic nitrogens is 2. The van der Waals surface area contributed by atoms with Crippen LogP contribution in [0.15, 0.2) is 17.3 Å². The number of hydrogen-bond donors (Lipinski definition) is 4. The number of aliphatic hydroxyl groups excluding tert-OH is 1. The van der Waals surface area contributed by atoms with Gasteiger partial charge in [0.05, 0.1) is 23.7 Å². The van der Waals surface area contributed by atoms with E-state index in [2.05, 4.69) is 40.5 Å². The van der Waals surface area contributed by atoms with E-state index in [1.165, 1.54) is 4.88 Å². The number of nitrogens with two attached hydrogens (primary N) is 1. The second-order valence-electron chi connectivity index (χ2n) is 7.54. The van der Waals surface area contributed by atoms with Crippen molar-refractivity contribution < 1.29 is 9.84 Å². The van der Waals surface area contributed by atoms with E-state index in [0.717, 1.165) is 40.9 Å². The third-order valence-corrected chi connectivity index (χ3v) is 7.51. The van der Waals surface area contributed by atoms with Crippen LogP contribution in [0.2, 0.25) is 4.34 Å². The molecule has 1 saturated carbocycles. The fourth-order valence-corrected chi connectivity index (χ4v) is 5.24.